The number of anilines is 1. The molecule has 0 unspecified atom stereocenters. The average Bonchev–Trinajstić information content (AvgIpc) is 2.37. The number of carboxylic acid groups (broad SMARTS) is 1. The van der Waals surface area contributed by atoms with Gasteiger partial charge in [0, 0.05) is 11.4 Å². The highest BCUT2D eigenvalue weighted by atomic mass is 32.2. The highest BCUT2D eigenvalue weighted by molar-refractivity contribution is 7.99. The van der Waals surface area contributed by atoms with Crippen LogP contribution in [0.1, 0.15) is 5.56 Å². The summed E-state index contributed by atoms with van der Waals surface area (Å²) >= 11 is 1.20. The standard InChI is InChI=1S/C13H14F3NO4S/c14-13(15,16)8-21-5-11(18)17-10-3-1-2-9(4-10)6-22-7-12(19)20/h1-4H,5-8H2,(H,17,18)(H,19,20). The van der Waals surface area contributed by atoms with Gasteiger partial charge in [-0.3, -0.25) is 9.59 Å². The highest BCUT2D eigenvalue weighted by Gasteiger charge is 2.27. The first kappa shape index (κ1) is 18.3. The number of carbonyl (C=O) groups excluding carboxylic acids is 1. The Kier molecular flexibility index (Phi) is 7.19. The lowest BCUT2D eigenvalue weighted by Crippen LogP contribution is -2.24. The van der Waals surface area contributed by atoms with Crippen molar-refractivity contribution in [2.75, 3.05) is 24.3 Å². The summed E-state index contributed by atoms with van der Waals surface area (Å²) in [7, 11) is 0. The lowest BCUT2D eigenvalue weighted by Gasteiger charge is -2.09. The number of hydrogen-bond acceptors (Lipinski definition) is 4. The van der Waals surface area contributed by atoms with Crippen LogP contribution in [-0.4, -0.2) is 42.1 Å². The van der Waals surface area contributed by atoms with Gasteiger partial charge >= 0.3 is 12.1 Å². The Morgan fingerprint density at radius 1 is 1.32 bits per heavy atom. The molecule has 0 radical (unpaired) electrons. The molecule has 0 heterocycles. The maximum atomic E-state index is 11.9. The third-order valence-corrected chi connectivity index (χ3v) is 3.19. The molecule has 0 aliphatic rings. The minimum Gasteiger partial charge on any atom is -0.481 e. The zero-order valence-corrected chi connectivity index (χ0v) is 12.2. The Labute approximate surface area is 128 Å². The molecule has 0 aliphatic heterocycles. The molecule has 0 aromatic heterocycles. The number of ether oxygens (including phenoxy) is 1. The smallest absolute Gasteiger partial charge is 0.411 e. The van der Waals surface area contributed by atoms with E-state index >= 15 is 0 Å². The van der Waals surface area contributed by atoms with Crippen molar-refractivity contribution in [3.05, 3.63) is 29.8 Å². The minimum absolute atomic E-state index is 0.0398. The molecule has 0 spiro atoms. The van der Waals surface area contributed by atoms with Crippen molar-refractivity contribution in [3.8, 4) is 0 Å². The molecular weight excluding hydrogens is 323 g/mol. The van der Waals surface area contributed by atoms with Gasteiger partial charge in [0.2, 0.25) is 5.91 Å². The van der Waals surface area contributed by atoms with Crippen LogP contribution in [0.3, 0.4) is 0 Å². The molecule has 2 N–H and O–H groups in total. The van der Waals surface area contributed by atoms with Gasteiger partial charge in [0.15, 0.2) is 0 Å². The molecule has 0 aliphatic carbocycles. The summed E-state index contributed by atoms with van der Waals surface area (Å²) < 4.78 is 39.8. The van der Waals surface area contributed by atoms with Crippen LogP contribution in [0, 0.1) is 0 Å². The van der Waals surface area contributed by atoms with Crippen molar-refractivity contribution in [3.63, 3.8) is 0 Å². The van der Waals surface area contributed by atoms with Gasteiger partial charge in [-0.1, -0.05) is 12.1 Å². The minimum atomic E-state index is -4.47. The summed E-state index contributed by atoms with van der Waals surface area (Å²) in [6.07, 6.45) is -4.47. The first-order valence-corrected chi connectivity index (χ1v) is 7.24. The molecule has 1 aromatic rings. The van der Waals surface area contributed by atoms with Gasteiger partial charge in [-0.2, -0.15) is 13.2 Å². The Bertz CT molecular complexity index is 522. The van der Waals surface area contributed by atoms with Crippen LogP contribution in [0.2, 0.25) is 0 Å². The third kappa shape index (κ3) is 8.53. The van der Waals surface area contributed by atoms with E-state index in [1.807, 2.05) is 0 Å². The fourth-order valence-corrected chi connectivity index (χ4v) is 2.14. The average molecular weight is 337 g/mol. The number of benzene rings is 1. The lowest BCUT2D eigenvalue weighted by atomic mass is 10.2. The van der Waals surface area contributed by atoms with E-state index in [1.165, 1.54) is 11.8 Å². The van der Waals surface area contributed by atoms with Gasteiger partial charge in [-0.25, -0.2) is 0 Å². The summed E-state index contributed by atoms with van der Waals surface area (Å²) in [4.78, 5) is 21.8. The molecule has 0 bridgehead atoms. The molecule has 22 heavy (non-hydrogen) atoms. The first-order valence-electron chi connectivity index (χ1n) is 6.09. The second-order valence-electron chi connectivity index (χ2n) is 4.24. The lowest BCUT2D eigenvalue weighted by molar-refractivity contribution is -0.174. The molecule has 0 saturated heterocycles. The van der Waals surface area contributed by atoms with E-state index in [4.69, 9.17) is 5.11 Å². The number of rotatable bonds is 8. The van der Waals surface area contributed by atoms with E-state index < -0.39 is 31.3 Å². The van der Waals surface area contributed by atoms with E-state index in [0.29, 0.717) is 11.4 Å². The molecule has 1 amide bonds. The molecule has 9 heteroatoms. The van der Waals surface area contributed by atoms with Gasteiger partial charge in [0.05, 0.1) is 5.75 Å². The van der Waals surface area contributed by atoms with Crippen molar-refractivity contribution < 1.29 is 32.6 Å². The number of thioether (sulfide) groups is 1. The highest BCUT2D eigenvalue weighted by Crippen LogP contribution is 2.17. The van der Waals surface area contributed by atoms with E-state index in [1.54, 1.807) is 24.3 Å². The Morgan fingerprint density at radius 2 is 2.05 bits per heavy atom. The molecule has 0 saturated carbocycles. The Hall–Kier alpha value is -1.74. The maximum Gasteiger partial charge on any atom is 0.411 e. The van der Waals surface area contributed by atoms with E-state index in [-0.39, 0.29) is 5.75 Å². The fraction of sp³-hybridized carbons (Fsp3) is 0.385. The normalized spacial score (nSPS) is 11.2. The second-order valence-corrected chi connectivity index (χ2v) is 5.23. The van der Waals surface area contributed by atoms with Crippen molar-refractivity contribution in [1.82, 2.24) is 0 Å². The quantitative estimate of drug-likeness (QED) is 0.762. The van der Waals surface area contributed by atoms with Crippen molar-refractivity contribution in [2.24, 2.45) is 0 Å². The summed E-state index contributed by atoms with van der Waals surface area (Å²) in [5, 5.41) is 10.9. The van der Waals surface area contributed by atoms with Crippen molar-refractivity contribution in [2.45, 2.75) is 11.9 Å². The van der Waals surface area contributed by atoms with Crippen molar-refractivity contribution in [1.29, 1.82) is 0 Å². The molecule has 0 atom stereocenters. The van der Waals surface area contributed by atoms with E-state index in [0.717, 1.165) is 5.56 Å². The molecule has 1 aromatic carbocycles. The summed E-state index contributed by atoms with van der Waals surface area (Å²) in [6, 6.07) is 6.61. The van der Waals surface area contributed by atoms with Crippen LogP contribution in [0.4, 0.5) is 18.9 Å². The zero-order chi connectivity index (χ0) is 16.6. The fourth-order valence-electron chi connectivity index (χ4n) is 1.45. The monoisotopic (exact) mass is 337 g/mol. The number of nitrogens with one attached hydrogen (secondary N) is 1. The molecule has 122 valence electrons. The van der Waals surface area contributed by atoms with Crippen LogP contribution in [0.15, 0.2) is 24.3 Å². The molecule has 1 rings (SSSR count). The summed E-state index contributed by atoms with van der Waals surface area (Å²) in [6.45, 7) is -2.18. The van der Waals surface area contributed by atoms with Gasteiger partial charge < -0.3 is 15.2 Å². The SMILES string of the molecule is O=C(O)CSCc1cccc(NC(=O)COCC(F)(F)F)c1. The molecular formula is C13H14F3NO4S. The predicted octanol–water partition coefficient (Wildman–Crippen LogP) is 2.52. The van der Waals surface area contributed by atoms with Crippen LogP contribution in [-0.2, 0) is 20.1 Å². The van der Waals surface area contributed by atoms with Crippen molar-refractivity contribution >= 4 is 29.3 Å². The largest absolute Gasteiger partial charge is 0.481 e. The predicted molar refractivity (Wildman–Crippen MR) is 75.7 cm³/mol. The summed E-state index contributed by atoms with van der Waals surface area (Å²) in [5.74, 6) is -1.21. The van der Waals surface area contributed by atoms with Crippen LogP contribution in [0.5, 0.6) is 0 Å². The van der Waals surface area contributed by atoms with Gasteiger partial charge in [-0.05, 0) is 17.7 Å². The number of hydrogen-bond donors (Lipinski definition) is 2. The number of amides is 1. The first-order chi connectivity index (χ1) is 10.3. The second kappa shape index (κ2) is 8.64. The Balaban J connectivity index is 2.41. The van der Waals surface area contributed by atoms with Gasteiger partial charge in [0.25, 0.3) is 0 Å². The van der Waals surface area contributed by atoms with Crippen LogP contribution < -0.4 is 5.32 Å². The third-order valence-electron chi connectivity index (χ3n) is 2.20. The number of carbonyl (C=O) groups is 2. The molecule has 0 fully saturated rings. The summed E-state index contributed by atoms with van der Waals surface area (Å²) in [5.41, 5.74) is 1.20. The Morgan fingerprint density at radius 3 is 2.68 bits per heavy atom. The van der Waals surface area contributed by atoms with E-state index in [9.17, 15) is 22.8 Å². The number of aliphatic carboxylic acids is 1. The number of carboxylic acids is 1. The van der Waals surface area contributed by atoms with Crippen LogP contribution in [0.25, 0.3) is 0 Å². The maximum absolute atomic E-state index is 11.9. The number of halogens is 3. The molecule has 5 nitrogen and oxygen atoms in total. The van der Waals surface area contributed by atoms with E-state index in [2.05, 4.69) is 10.1 Å². The van der Waals surface area contributed by atoms with Gasteiger partial charge in [-0.15, -0.1) is 11.8 Å². The number of alkyl halides is 3. The van der Waals surface area contributed by atoms with Crippen LogP contribution >= 0.6 is 11.8 Å². The van der Waals surface area contributed by atoms with Gasteiger partial charge in [0.1, 0.15) is 13.2 Å². The topological polar surface area (TPSA) is 75.6 Å². The zero-order valence-electron chi connectivity index (χ0n) is 11.4.